The van der Waals surface area contributed by atoms with Crippen LogP contribution in [0.1, 0.15) is 44.5 Å². The van der Waals surface area contributed by atoms with Crippen molar-refractivity contribution in [1.29, 1.82) is 0 Å². The van der Waals surface area contributed by atoms with Crippen LogP contribution in [0.4, 0.5) is 4.39 Å². The Morgan fingerprint density at radius 2 is 2.16 bits per heavy atom. The topological polar surface area (TPSA) is 17.8 Å². The molecule has 0 bridgehead atoms. The molecular formula is C15H18ClFN2. The van der Waals surface area contributed by atoms with Crippen LogP contribution in [0.25, 0.3) is 11.0 Å². The lowest BCUT2D eigenvalue weighted by Gasteiger charge is -2.23. The minimum absolute atomic E-state index is 0.263. The van der Waals surface area contributed by atoms with Gasteiger partial charge < -0.3 is 4.57 Å². The summed E-state index contributed by atoms with van der Waals surface area (Å²) in [6, 6.07) is 5.48. The number of imidazole rings is 1. The van der Waals surface area contributed by atoms with Gasteiger partial charge in [-0.3, -0.25) is 0 Å². The zero-order chi connectivity index (χ0) is 13.4. The fourth-order valence-corrected chi connectivity index (χ4v) is 3.52. The summed E-state index contributed by atoms with van der Waals surface area (Å²) < 4.78 is 16.0. The predicted octanol–water partition coefficient (Wildman–Crippen LogP) is 4.67. The fourth-order valence-electron chi connectivity index (χ4n) is 3.33. The molecular weight excluding hydrogens is 263 g/mol. The van der Waals surface area contributed by atoms with Crippen molar-refractivity contribution in [3.05, 3.63) is 29.8 Å². The van der Waals surface area contributed by atoms with E-state index in [1.54, 1.807) is 6.07 Å². The molecule has 1 atom stereocenters. The summed E-state index contributed by atoms with van der Waals surface area (Å²) in [6.07, 6.45) is 5.09. The number of nitrogens with zero attached hydrogens (tertiary/aromatic N) is 2. The van der Waals surface area contributed by atoms with E-state index in [0.717, 1.165) is 11.3 Å². The SMILES string of the molecule is CC(C1CCCC1)n1c(CCl)nc2c(F)cccc21. The standard InChI is InChI=1S/C15H18ClFN2/c1-10(11-5-2-3-6-11)19-13-8-4-7-12(17)15(13)18-14(19)9-16/h4,7-8,10-11H,2-3,5-6,9H2,1H3. The van der Waals surface area contributed by atoms with Crippen molar-refractivity contribution in [3.8, 4) is 0 Å². The third kappa shape index (κ3) is 2.14. The minimum atomic E-state index is -0.263. The van der Waals surface area contributed by atoms with Crippen LogP contribution in [-0.2, 0) is 5.88 Å². The van der Waals surface area contributed by atoms with E-state index in [-0.39, 0.29) is 5.82 Å². The van der Waals surface area contributed by atoms with Crippen molar-refractivity contribution in [2.75, 3.05) is 0 Å². The van der Waals surface area contributed by atoms with Gasteiger partial charge in [-0.2, -0.15) is 0 Å². The Morgan fingerprint density at radius 1 is 1.42 bits per heavy atom. The van der Waals surface area contributed by atoms with Crippen LogP contribution < -0.4 is 0 Å². The zero-order valence-corrected chi connectivity index (χ0v) is 11.8. The van der Waals surface area contributed by atoms with Gasteiger partial charge in [0.05, 0.1) is 11.4 Å². The van der Waals surface area contributed by atoms with Gasteiger partial charge in [0.15, 0.2) is 5.82 Å². The minimum Gasteiger partial charge on any atom is -0.324 e. The zero-order valence-electron chi connectivity index (χ0n) is 11.1. The van der Waals surface area contributed by atoms with Crippen molar-refractivity contribution in [1.82, 2.24) is 9.55 Å². The van der Waals surface area contributed by atoms with Crippen LogP contribution >= 0.6 is 11.6 Å². The molecule has 4 heteroatoms. The molecule has 3 rings (SSSR count). The second kappa shape index (κ2) is 5.12. The smallest absolute Gasteiger partial charge is 0.151 e. The van der Waals surface area contributed by atoms with Gasteiger partial charge in [0.1, 0.15) is 11.3 Å². The Labute approximate surface area is 117 Å². The molecule has 19 heavy (non-hydrogen) atoms. The van der Waals surface area contributed by atoms with Crippen LogP contribution in [-0.4, -0.2) is 9.55 Å². The van der Waals surface area contributed by atoms with E-state index in [4.69, 9.17) is 11.6 Å². The summed E-state index contributed by atoms with van der Waals surface area (Å²) in [5, 5.41) is 0. The molecule has 1 aromatic carbocycles. The van der Waals surface area contributed by atoms with Crippen LogP contribution in [0.3, 0.4) is 0 Å². The molecule has 0 spiro atoms. The maximum Gasteiger partial charge on any atom is 0.151 e. The Kier molecular flexibility index (Phi) is 3.48. The van der Waals surface area contributed by atoms with E-state index in [2.05, 4.69) is 16.5 Å². The lowest BCUT2D eigenvalue weighted by atomic mass is 9.99. The highest BCUT2D eigenvalue weighted by Crippen LogP contribution is 2.36. The van der Waals surface area contributed by atoms with Gasteiger partial charge >= 0.3 is 0 Å². The van der Waals surface area contributed by atoms with Crippen molar-refractivity contribution in [3.63, 3.8) is 0 Å². The van der Waals surface area contributed by atoms with Crippen LogP contribution in [0.15, 0.2) is 18.2 Å². The van der Waals surface area contributed by atoms with Gasteiger partial charge in [0.25, 0.3) is 0 Å². The van der Waals surface area contributed by atoms with E-state index in [0.29, 0.717) is 23.4 Å². The summed E-state index contributed by atoms with van der Waals surface area (Å²) in [6.45, 7) is 2.21. The van der Waals surface area contributed by atoms with E-state index in [9.17, 15) is 4.39 Å². The molecule has 1 heterocycles. The van der Waals surface area contributed by atoms with Crippen molar-refractivity contribution in [2.24, 2.45) is 5.92 Å². The Bertz CT molecular complexity index is 587. The molecule has 1 aliphatic carbocycles. The van der Waals surface area contributed by atoms with Crippen molar-refractivity contribution < 1.29 is 4.39 Å². The third-order valence-corrected chi connectivity index (χ3v) is 4.59. The summed E-state index contributed by atoms with van der Waals surface area (Å²) in [4.78, 5) is 4.38. The Morgan fingerprint density at radius 3 is 2.84 bits per heavy atom. The van der Waals surface area contributed by atoms with E-state index >= 15 is 0 Å². The highest BCUT2D eigenvalue weighted by molar-refractivity contribution is 6.16. The molecule has 0 N–H and O–H groups in total. The Hall–Kier alpha value is -1.09. The van der Waals surface area contributed by atoms with Gasteiger partial charge in [0, 0.05) is 6.04 Å². The predicted molar refractivity (Wildman–Crippen MR) is 75.9 cm³/mol. The van der Waals surface area contributed by atoms with E-state index in [1.165, 1.54) is 31.7 Å². The maximum absolute atomic E-state index is 13.8. The summed E-state index contributed by atoms with van der Waals surface area (Å²) >= 11 is 6.00. The number of halogens is 2. The monoisotopic (exact) mass is 280 g/mol. The van der Waals surface area contributed by atoms with Gasteiger partial charge in [-0.25, -0.2) is 9.37 Å². The third-order valence-electron chi connectivity index (χ3n) is 4.35. The number of hydrogen-bond acceptors (Lipinski definition) is 1. The molecule has 0 radical (unpaired) electrons. The number of aromatic nitrogens is 2. The first kappa shape index (κ1) is 12.9. The van der Waals surface area contributed by atoms with Gasteiger partial charge in [0.2, 0.25) is 0 Å². The molecule has 2 aromatic rings. The summed E-state index contributed by atoms with van der Waals surface area (Å²) in [5.41, 5.74) is 1.32. The summed E-state index contributed by atoms with van der Waals surface area (Å²) in [7, 11) is 0. The highest BCUT2D eigenvalue weighted by atomic mass is 35.5. The second-order valence-corrected chi connectivity index (χ2v) is 5.69. The van der Waals surface area contributed by atoms with Crippen LogP contribution in [0, 0.1) is 11.7 Å². The van der Waals surface area contributed by atoms with E-state index < -0.39 is 0 Å². The Balaban J connectivity index is 2.12. The van der Waals surface area contributed by atoms with Gasteiger partial charge in [-0.05, 0) is 37.8 Å². The molecule has 1 fully saturated rings. The molecule has 1 saturated carbocycles. The first-order valence-corrected chi connectivity index (χ1v) is 7.47. The van der Waals surface area contributed by atoms with Crippen LogP contribution in [0.2, 0.25) is 0 Å². The average molecular weight is 281 g/mol. The number of fused-ring (bicyclic) bond motifs is 1. The first-order valence-electron chi connectivity index (χ1n) is 6.93. The number of benzene rings is 1. The number of rotatable bonds is 3. The van der Waals surface area contributed by atoms with Crippen molar-refractivity contribution >= 4 is 22.6 Å². The molecule has 0 saturated heterocycles. The normalized spacial score (nSPS) is 18.3. The largest absolute Gasteiger partial charge is 0.324 e. The molecule has 0 aliphatic heterocycles. The molecule has 2 nitrogen and oxygen atoms in total. The highest BCUT2D eigenvalue weighted by Gasteiger charge is 2.26. The van der Waals surface area contributed by atoms with Gasteiger partial charge in [-0.1, -0.05) is 18.9 Å². The average Bonchev–Trinajstić information content (AvgIpc) is 3.05. The quantitative estimate of drug-likeness (QED) is 0.747. The maximum atomic E-state index is 13.8. The number of hydrogen-bond donors (Lipinski definition) is 0. The lowest BCUT2D eigenvalue weighted by molar-refractivity contribution is 0.362. The van der Waals surface area contributed by atoms with E-state index in [1.807, 2.05) is 6.07 Å². The number of alkyl halides is 1. The van der Waals surface area contributed by atoms with Gasteiger partial charge in [-0.15, -0.1) is 11.6 Å². The van der Waals surface area contributed by atoms with Crippen molar-refractivity contribution in [2.45, 2.75) is 44.5 Å². The molecule has 1 unspecified atom stereocenters. The second-order valence-electron chi connectivity index (χ2n) is 5.42. The number of para-hydroxylation sites is 1. The summed E-state index contributed by atoms with van der Waals surface area (Å²) in [5.74, 6) is 1.50. The first-order chi connectivity index (χ1) is 9.22. The fraction of sp³-hybridized carbons (Fsp3) is 0.533. The molecule has 102 valence electrons. The van der Waals surface area contributed by atoms with Crippen LogP contribution in [0.5, 0.6) is 0 Å². The lowest BCUT2D eigenvalue weighted by Crippen LogP contribution is -2.16. The molecule has 1 aliphatic rings. The molecule has 0 amide bonds. The molecule has 1 aromatic heterocycles.